The molecule has 0 saturated carbocycles. The molecule has 1 radical (unpaired) electrons. The summed E-state index contributed by atoms with van der Waals surface area (Å²) in [4.78, 5) is 4.14. The quantitative estimate of drug-likeness (QED) is 0.742. The molecule has 2 aromatic rings. The largest absolute Gasteiger partial charge is 0.486 e. The van der Waals surface area contributed by atoms with Crippen molar-refractivity contribution in [3.8, 4) is 5.75 Å². The first-order valence-electron chi connectivity index (χ1n) is 3.93. The molecule has 13 heavy (non-hydrogen) atoms. The van der Waals surface area contributed by atoms with Gasteiger partial charge in [0.1, 0.15) is 12.4 Å². The molecule has 3 heteroatoms. The molecule has 0 amide bonds. The topological polar surface area (TPSA) is 22.1 Å². The Kier molecular flexibility index (Phi) is 2.57. The second kappa shape index (κ2) is 4.05. The van der Waals surface area contributed by atoms with E-state index < -0.39 is 0 Å². The molecular formula is C10H8NOS. The highest BCUT2D eigenvalue weighted by atomic mass is 32.1. The van der Waals surface area contributed by atoms with Crippen LogP contribution in [0, 0.1) is 5.38 Å². The van der Waals surface area contributed by atoms with Crippen LogP contribution in [0.2, 0.25) is 0 Å². The number of rotatable bonds is 3. The van der Waals surface area contributed by atoms with Crippen molar-refractivity contribution in [2.24, 2.45) is 0 Å². The van der Waals surface area contributed by atoms with Crippen LogP contribution >= 0.6 is 11.3 Å². The van der Waals surface area contributed by atoms with E-state index in [4.69, 9.17) is 4.74 Å². The predicted molar refractivity (Wildman–Crippen MR) is 51.7 cm³/mol. The highest BCUT2D eigenvalue weighted by Crippen LogP contribution is 2.14. The average Bonchev–Trinajstić information content (AvgIpc) is 2.69. The molecule has 2 rings (SSSR count). The summed E-state index contributed by atoms with van der Waals surface area (Å²) in [5, 5.41) is 4.94. The lowest BCUT2D eigenvalue weighted by Gasteiger charge is -2.01. The van der Waals surface area contributed by atoms with E-state index in [-0.39, 0.29) is 0 Å². The molecule has 0 aliphatic heterocycles. The third kappa shape index (κ3) is 2.29. The second-order valence-corrected chi connectivity index (χ2v) is 3.21. The Morgan fingerprint density at radius 3 is 3.08 bits per heavy atom. The molecule has 0 aliphatic rings. The van der Waals surface area contributed by atoms with Gasteiger partial charge in [0, 0.05) is 6.20 Å². The van der Waals surface area contributed by atoms with E-state index in [1.165, 1.54) is 11.3 Å². The van der Waals surface area contributed by atoms with Crippen molar-refractivity contribution in [2.45, 2.75) is 6.61 Å². The molecule has 65 valence electrons. The fourth-order valence-corrected chi connectivity index (χ4v) is 1.44. The average molecular weight is 190 g/mol. The number of pyridine rings is 1. The van der Waals surface area contributed by atoms with Crippen molar-refractivity contribution in [1.29, 1.82) is 0 Å². The minimum absolute atomic E-state index is 0.508. The number of aromatic nitrogens is 1. The Bertz CT molecular complexity index is 344. The summed E-state index contributed by atoms with van der Waals surface area (Å²) < 4.78 is 5.42. The Balaban J connectivity index is 1.94. The fourth-order valence-electron chi connectivity index (χ4n) is 0.935. The molecule has 2 aromatic heterocycles. The van der Waals surface area contributed by atoms with Crippen molar-refractivity contribution in [3.63, 3.8) is 0 Å². The predicted octanol–water partition coefficient (Wildman–Crippen LogP) is 2.52. The van der Waals surface area contributed by atoms with E-state index in [1.54, 1.807) is 6.20 Å². The monoisotopic (exact) mass is 190 g/mol. The zero-order chi connectivity index (χ0) is 8.93. The van der Waals surface area contributed by atoms with E-state index in [0.717, 1.165) is 11.4 Å². The van der Waals surface area contributed by atoms with Crippen LogP contribution in [0.3, 0.4) is 0 Å². The zero-order valence-corrected chi connectivity index (χ0v) is 7.75. The maximum Gasteiger partial charge on any atom is 0.139 e. The number of hydrogen-bond acceptors (Lipinski definition) is 3. The van der Waals surface area contributed by atoms with Gasteiger partial charge in [-0.3, -0.25) is 4.98 Å². The highest BCUT2D eigenvalue weighted by molar-refractivity contribution is 7.07. The van der Waals surface area contributed by atoms with Crippen molar-refractivity contribution < 1.29 is 4.74 Å². The lowest BCUT2D eigenvalue weighted by atomic mass is 10.4. The van der Waals surface area contributed by atoms with Crippen molar-refractivity contribution in [3.05, 3.63) is 46.9 Å². The van der Waals surface area contributed by atoms with Crippen LogP contribution in [0.4, 0.5) is 0 Å². The molecule has 2 heterocycles. The summed E-state index contributed by atoms with van der Waals surface area (Å²) in [6.07, 6.45) is 1.76. The van der Waals surface area contributed by atoms with Crippen molar-refractivity contribution in [2.75, 3.05) is 0 Å². The van der Waals surface area contributed by atoms with Gasteiger partial charge in [-0.15, -0.1) is 11.3 Å². The third-order valence-corrected chi connectivity index (χ3v) is 2.14. The van der Waals surface area contributed by atoms with Gasteiger partial charge < -0.3 is 4.74 Å². The smallest absolute Gasteiger partial charge is 0.139 e. The van der Waals surface area contributed by atoms with Crippen LogP contribution in [0.15, 0.2) is 35.8 Å². The summed E-state index contributed by atoms with van der Waals surface area (Å²) in [6, 6.07) is 7.67. The van der Waals surface area contributed by atoms with Gasteiger partial charge in [0.25, 0.3) is 0 Å². The highest BCUT2D eigenvalue weighted by Gasteiger charge is 1.95. The first-order chi connectivity index (χ1) is 6.45. The Morgan fingerprint density at radius 1 is 1.38 bits per heavy atom. The molecule has 2 nitrogen and oxygen atoms in total. The second-order valence-electron chi connectivity index (χ2n) is 2.50. The van der Waals surface area contributed by atoms with Gasteiger partial charge in [-0.05, 0) is 23.6 Å². The maximum absolute atomic E-state index is 5.42. The molecule has 0 N–H and O–H groups in total. The molecule has 0 unspecified atom stereocenters. The molecule has 0 saturated heterocycles. The minimum atomic E-state index is 0.508. The number of ether oxygens (including phenoxy) is 1. The van der Waals surface area contributed by atoms with Gasteiger partial charge in [0.15, 0.2) is 0 Å². The number of thiophene rings is 1. The SMILES string of the molecule is [c]1sccc1OCc1ccccn1. The molecule has 0 fully saturated rings. The van der Waals surface area contributed by atoms with E-state index in [0.29, 0.717) is 6.61 Å². The van der Waals surface area contributed by atoms with E-state index in [9.17, 15) is 0 Å². The van der Waals surface area contributed by atoms with Crippen LogP contribution in [-0.4, -0.2) is 4.98 Å². The van der Waals surface area contributed by atoms with E-state index >= 15 is 0 Å². The third-order valence-electron chi connectivity index (χ3n) is 1.55. The van der Waals surface area contributed by atoms with Crippen LogP contribution in [0.5, 0.6) is 5.75 Å². The van der Waals surface area contributed by atoms with Crippen LogP contribution in [0.25, 0.3) is 0 Å². The summed E-state index contributed by atoms with van der Waals surface area (Å²) in [6.45, 7) is 0.508. The van der Waals surface area contributed by atoms with Crippen LogP contribution in [-0.2, 0) is 6.61 Å². The first kappa shape index (κ1) is 8.26. The van der Waals surface area contributed by atoms with Gasteiger partial charge in [0.05, 0.1) is 11.1 Å². The van der Waals surface area contributed by atoms with Gasteiger partial charge in [-0.2, -0.15) is 0 Å². The number of hydrogen-bond donors (Lipinski definition) is 0. The summed E-state index contributed by atoms with van der Waals surface area (Å²) in [5.41, 5.74) is 0.933. The molecule has 0 aromatic carbocycles. The van der Waals surface area contributed by atoms with Crippen molar-refractivity contribution in [1.82, 2.24) is 4.98 Å². The summed E-state index contributed by atoms with van der Waals surface area (Å²) in [5.74, 6) is 0.788. The molecular weight excluding hydrogens is 182 g/mol. The van der Waals surface area contributed by atoms with E-state index in [2.05, 4.69) is 10.4 Å². The van der Waals surface area contributed by atoms with Gasteiger partial charge in [0.2, 0.25) is 0 Å². The zero-order valence-electron chi connectivity index (χ0n) is 6.93. The lowest BCUT2D eigenvalue weighted by molar-refractivity contribution is 0.302. The Morgan fingerprint density at radius 2 is 2.38 bits per heavy atom. The van der Waals surface area contributed by atoms with Crippen LogP contribution < -0.4 is 4.74 Å². The molecule has 0 atom stereocenters. The maximum atomic E-state index is 5.42. The Hall–Kier alpha value is -1.35. The molecule has 0 bridgehead atoms. The van der Waals surface area contributed by atoms with Gasteiger partial charge >= 0.3 is 0 Å². The van der Waals surface area contributed by atoms with Gasteiger partial charge in [-0.1, -0.05) is 6.07 Å². The van der Waals surface area contributed by atoms with Crippen LogP contribution in [0.1, 0.15) is 5.69 Å². The minimum Gasteiger partial charge on any atom is -0.486 e. The van der Waals surface area contributed by atoms with Crippen molar-refractivity contribution >= 4 is 11.3 Å². The molecule has 0 aliphatic carbocycles. The summed E-state index contributed by atoms with van der Waals surface area (Å²) >= 11 is 1.50. The normalized spacial score (nSPS) is 9.85. The Labute approximate surface area is 80.8 Å². The van der Waals surface area contributed by atoms with E-state index in [1.807, 2.05) is 29.6 Å². The lowest BCUT2D eigenvalue weighted by Crippen LogP contribution is -1.96. The number of nitrogens with zero attached hydrogens (tertiary/aromatic N) is 1. The molecule has 0 spiro atoms. The van der Waals surface area contributed by atoms with Gasteiger partial charge in [-0.25, -0.2) is 0 Å². The standard InChI is InChI=1S/C10H8NOS/c1-2-5-11-9(3-1)7-12-10-4-6-13-8-10/h1-6H,7H2. The fraction of sp³-hybridized carbons (Fsp3) is 0.100. The first-order valence-corrected chi connectivity index (χ1v) is 4.81. The summed E-state index contributed by atoms with van der Waals surface area (Å²) in [7, 11) is 0.